The van der Waals surface area contributed by atoms with Crippen molar-refractivity contribution in [2.75, 3.05) is 26.2 Å². The van der Waals surface area contributed by atoms with Crippen LogP contribution in [0.1, 0.15) is 18.4 Å². The molecule has 1 aromatic carbocycles. The maximum absolute atomic E-state index is 5.71. The number of nitrogens with two attached hydrogens (primary N) is 2. The van der Waals surface area contributed by atoms with Gasteiger partial charge in [0.05, 0.1) is 6.21 Å². The Balaban J connectivity index is 1.76. The Bertz CT molecular complexity index is 459. The fraction of sp³-hybridized carbons (Fsp3) is 0.429. The molecule has 0 aromatic heterocycles. The number of nitrogens with zero attached hydrogens (tertiary/aromatic N) is 3. The standard InChI is InChI=1S/C14H21N5O/c15-14(16)18-17-11-12-3-5-13(6-4-12)20-10-9-19-7-1-2-8-19/h3-6,11H,1-2,7-10H2,(H4,15,16,18). The highest BCUT2D eigenvalue weighted by atomic mass is 16.5. The molecule has 0 saturated carbocycles. The van der Waals surface area contributed by atoms with Gasteiger partial charge in [-0.2, -0.15) is 5.10 Å². The van der Waals surface area contributed by atoms with E-state index in [9.17, 15) is 0 Å². The Morgan fingerprint density at radius 1 is 1.20 bits per heavy atom. The number of rotatable bonds is 6. The van der Waals surface area contributed by atoms with E-state index in [1.54, 1.807) is 6.21 Å². The number of likely N-dealkylation sites (tertiary alicyclic amines) is 1. The summed E-state index contributed by atoms with van der Waals surface area (Å²) in [6, 6.07) is 7.66. The van der Waals surface area contributed by atoms with E-state index in [0.29, 0.717) is 0 Å². The molecule has 0 radical (unpaired) electrons. The third-order valence-corrected chi connectivity index (χ3v) is 3.14. The summed E-state index contributed by atoms with van der Waals surface area (Å²) in [5, 5.41) is 7.29. The molecule has 1 heterocycles. The zero-order valence-corrected chi connectivity index (χ0v) is 11.5. The molecule has 6 nitrogen and oxygen atoms in total. The Hall–Kier alpha value is -2.08. The molecule has 1 aliphatic heterocycles. The Morgan fingerprint density at radius 3 is 2.55 bits per heavy atom. The molecule has 0 amide bonds. The second-order valence-electron chi connectivity index (χ2n) is 4.74. The molecule has 0 bridgehead atoms. The molecular formula is C14H21N5O. The van der Waals surface area contributed by atoms with Gasteiger partial charge in [-0.25, -0.2) is 0 Å². The predicted molar refractivity (Wildman–Crippen MR) is 81.0 cm³/mol. The van der Waals surface area contributed by atoms with Crippen LogP contribution in [0.15, 0.2) is 34.5 Å². The van der Waals surface area contributed by atoms with Gasteiger partial charge in [-0.05, 0) is 55.8 Å². The highest BCUT2D eigenvalue weighted by Gasteiger charge is 2.10. The molecule has 108 valence electrons. The lowest BCUT2D eigenvalue weighted by Crippen LogP contribution is -2.25. The van der Waals surface area contributed by atoms with Gasteiger partial charge in [0, 0.05) is 6.54 Å². The summed E-state index contributed by atoms with van der Waals surface area (Å²) in [6.45, 7) is 4.11. The van der Waals surface area contributed by atoms with Gasteiger partial charge >= 0.3 is 0 Å². The van der Waals surface area contributed by atoms with Crippen molar-refractivity contribution in [1.29, 1.82) is 0 Å². The van der Waals surface area contributed by atoms with Crippen LogP contribution >= 0.6 is 0 Å². The molecule has 0 aliphatic carbocycles. The van der Waals surface area contributed by atoms with Crippen LogP contribution in [0.5, 0.6) is 5.75 Å². The first kappa shape index (κ1) is 14.3. The smallest absolute Gasteiger partial charge is 0.211 e. The third-order valence-electron chi connectivity index (χ3n) is 3.14. The topological polar surface area (TPSA) is 89.2 Å². The fourth-order valence-electron chi connectivity index (χ4n) is 2.11. The van der Waals surface area contributed by atoms with E-state index >= 15 is 0 Å². The molecule has 1 fully saturated rings. The number of hydrogen-bond donors (Lipinski definition) is 2. The maximum atomic E-state index is 5.71. The highest BCUT2D eigenvalue weighted by Crippen LogP contribution is 2.12. The van der Waals surface area contributed by atoms with Crippen LogP contribution in [-0.4, -0.2) is 43.3 Å². The largest absolute Gasteiger partial charge is 0.492 e. The highest BCUT2D eigenvalue weighted by molar-refractivity contribution is 5.81. The second kappa shape index (κ2) is 7.49. The van der Waals surface area contributed by atoms with Crippen molar-refractivity contribution < 1.29 is 4.74 Å². The molecule has 0 spiro atoms. The van der Waals surface area contributed by atoms with E-state index in [-0.39, 0.29) is 5.96 Å². The lowest BCUT2D eigenvalue weighted by molar-refractivity contribution is 0.238. The van der Waals surface area contributed by atoms with Crippen molar-refractivity contribution in [2.45, 2.75) is 12.8 Å². The van der Waals surface area contributed by atoms with Crippen LogP contribution in [0.4, 0.5) is 0 Å². The fourth-order valence-corrected chi connectivity index (χ4v) is 2.11. The van der Waals surface area contributed by atoms with E-state index < -0.39 is 0 Å². The molecule has 0 unspecified atom stereocenters. The van der Waals surface area contributed by atoms with Gasteiger partial charge in [0.15, 0.2) is 0 Å². The van der Waals surface area contributed by atoms with E-state index in [1.165, 1.54) is 25.9 Å². The summed E-state index contributed by atoms with van der Waals surface area (Å²) in [5.74, 6) is 0.811. The minimum absolute atomic E-state index is 0.0527. The lowest BCUT2D eigenvalue weighted by Gasteiger charge is -2.14. The zero-order chi connectivity index (χ0) is 14.2. The Labute approximate surface area is 119 Å². The summed E-state index contributed by atoms with van der Waals surface area (Å²) in [7, 11) is 0. The van der Waals surface area contributed by atoms with Crippen LogP contribution < -0.4 is 16.2 Å². The van der Waals surface area contributed by atoms with Crippen molar-refractivity contribution in [3.05, 3.63) is 29.8 Å². The Morgan fingerprint density at radius 2 is 1.90 bits per heavy atom. The number of ether oxygens (including phenoxy) is 1. The molecule has 4 N–H and O–H groups in total. The van der Waals surface area contributed by atoms with Crippen LogP contribution in [0.2, 0.25) is 0 Å². The maximum Gasteiger partial charge on any atom is 0.211 e. The minimum atomic E-state index is -0.0527. The first-order valence-corrected chi connectivity index (χ1v) is 6.81. The average molecular weight is 275 g/mol. The average Bonchev–Trinajstić information content (AvgIpc) is 2.93. The quantitative estimate of drug-likeness (QED) is 0.456. The van der Waals surface area contributed by atoms with Gasteiger partial charge in [0.1, 0.15) is 12.4 Å². The number of guanidine groups is 1. The summed E-state index contributed by atoms with van der Waals surface area (Å²) in [6.07, 6.45) is 4.21. The number of hydrogen-bond acceptors (Lipinski definition) is 4. The molecule has 0 atom stereocenters. The van der Waals surface area contributed by atoms with Gasteiger partial charge < -0.3 is 16.2 Å². The molecule has 6 heteroatoms. The van der Waals surface area contributed by atoms with Crippen molar-refractivity contribution >= 4 is 12.2 Å². The first-order chi connectivity index (χ1) is 9.74. The van der Waals surface area contributed by atoms with E-state index in [0.717, 1.165) is 24.5 Å². The zero-order valence-electron chi connectivity index (χ0n) is 11.5. The molecule has 1 aromatic rings. The van der Waals surface area contributed by atoms with Gasteiger partial charge in [-0.3, -0.25) is 4.90 Å². The third kappa shape index (κ3) is 4.89. The van der Waals surface area contributed by atoms with Crippen LogP contribution in [0, 0.1) is 0 Å². The van der Waals surface area contributed by atoms with Crippen molar-refractivity contribution in [2.24, 2.45) is 21.7 Å². The van der Waals surface area contributed by atoms with E-state index in [2.05, 4.69) is 15.1 Å². The second-order valence-corrected chi connectivity index (χ2v) is 4.74. The Kier molecular flexibility index (Phi) is 5.37. The van der Waals surface area contributed by atoms with Gasteiger partial charge in [0.25, 0.3) is 0 Å². The molecule has 20 heavy (non-hydrogen) atoms. The molecule has 1 saturated heterocycles. The van der Waals surface area contributed by atoms with Gasteiger partial charge in [-0.1, -0.05) is 0 Å². The van der Waals surface area contributed by atoms with Crippen LogP contribution in [0.25, 0.3) is 0 Å². The van der Waals surface area contributed by atoms with Gasteiger partial charge in [0.2, 0.25) is 5.96 Å². The molecular weight excluding hydrogens is 254 g/mol. The normalized spacial score (nSPS) is 15.6. The number of benzene rings is 1. The van der Waals surface area contributed by atoms with Crippen LogP contribution in [-0.2, 0) is 0 Å². The van der Waals surface area contributed by atoms with Crippen molar-refractivity contribution in [1.82, 2.24) is 4.90 Å². The summed E-state index contributed by atoms with van der Waals surface area (Å²) in [5.41, 5.74) is 11.3. The molecule has 2 rings (SSSR count). The van der Waals surface area contributed by atoms with E-state index in [1.807, 2.05) is 24.3 Å². The van der Waals surface area contributed by atoms with Crippen molar-refractivity contribution in [3.8, 4) is 5.75 Å². The van der Waals surface area contributed by atoms with Gasteiger partial charge in [-0.15, -0.1) is 5.10 Å². The lowest BCUT2D eigenvalue weighted by atomic mass is 10.2. The summed E-state index contributed by atoms with van der Waals surface area (Å²) >= 11 is 0. The minimum Gasteiger partial charge on any atom is -0.492 e. The monoisotopic (exact) mass is 275 g/mol. The van der Waals surface area contributed by atoms with Crippen LogP contribution in [0.3, 0.4) is 0 Å². The SMILES string of the molecule is NC(N)=NN=Cc1ccc(OCCN2CCCC2)cc1. The summed E-state index contributed by atoms with van der Waals surface area (Å²) < 4.78 is 5.71. The molecule has 1 aliphatic rings. The van der Waals surface area contributed by atoms with Crippen molar-refractivity contribution in [3.63, 3.8) is 0 Å². The van der Waals surface area contributed by atoms with E-state index in [4.69, 9.17) is 16.2 Å². The predicted octanol–water partition coefficient (Wildman–Crippen LogP) is 0.769. The first-order valence-electron chi connectivity index (χ1n) is 6.81. The summed E-state index contributed by atoms with van der Waals surface area (Å²) in [4.78, 5) is 2.43.